The third-order valence-corrected chi connectivity index (χ3v) is 6.49. The summed E-state index contributed by atoms with van der Waals surface area (Å²) in [5.74, 6) is 1.22. The highest BCUT2D eigenvalue weighted by Crippen LogP contribution is 2.24. The molecule has 5 aromatic rings. The van der Waals surface area contributed by atoms with Crippen LogP contribution in [0.3, 0.4) is 0 Å². The molecule has 1 aromatic carbocycles. The highest BCUT2D eigenvalue weighted by molar-refractivity contribution is 5.95. The summed E-state index contributed by atoms with van der Waals surface area (Å²) in [6.07, 6.45) is 6.16. The van der Waals surface area contributed by atoms with Crippen LogP contribution in [0.1, 0.15) is 12.8 Å². The van der Waals surface area contributed by atoms with Crippen LogP contribution in [0.5, 0.6) is 0 Å². The summed E-state index contributed by atoms with van der Waals surface area (Å²) in [4.78, 5) is 53.1. The fraction of sp³-hybridized carbons (Fsp3) is 0.143. The number of hydrogen-bond acceptors (Lipinski definition) is 7. The summed E-state index contributed by atoms with van der Waals surface area (Å²) in [6, 6.07) is 17.5. The normalized spacial score (nSPS) is 13.2. The van der Waals surface area contributed by atoms with Crippen molar-refractivity contribution in [1.29, 1.82) is 0 Å². The average Bonchev–Trinajstić information content (AvgIpc) is 3.50. The molecule has 1 amide bonds. The molecule has 0 spiro atoms. The summed E-state index contributed by atoms with van der Waals surface area (Å²) in [5, 5.41) is 3.49. The Morgan fingerprint density at radius 3 is 2.51 bits per heavy atom. The van der Waals surface area contributed by atoms with Crippen LogP contribution in [0, 0.1) is 0 Å². The van der Waals surface area contributed by atoms with Gasteiger partial charge in [-0.05, 0) is 48.9 Å². The predicted molar refractivity (Wildman–Crippen MR) is 148 cm³/mol. The second-order valence-electron chi connectivity index (χ2n) is 9.00. The number of amides is 1. The van der Waals surface area contributed by atoms with Crippen molar-refractivity contribution in [2.24, 2.45) is 0 Å². The number of carbonyl (C=O) groups excluding carboxylic acids is 1. The van der Waals surface area contributed by atoms with Gasteiger partial charge in [-0.2, -0.15) is 4.98 Å². The van der Waals surface area contributed by atoms with E-state index in [9.17, 15) is 14.4 Å². The molecule has 1 saturated heterocycles. The van der Waals surface area contributed by atoms with Crippen LogP contribution in [-0.4, -0.2) is 41.3 Å². The second kappa shape index (κ2) is 9.86. The number of allylic oxidation sites excluding steroid dienone is 1. The number of pyridine rings is 2. The van der Waals surface area contributed by atoms with Gasteiger partial charge in [0.1, 0.15) is 11.2 Å². The third kappa shape index (κ3) is 4.39. The van der Waals surface area contributed by atoms with E-state index >= 15 is 0 Å². The molecule has 194 valence electrons. The van der Waals surface area contributed by atoms with E-state index in [0.717, 1.165) is 24.3 Å². The molecule has 0 unspecified atom stereocenters. The van der Waals surface area contributed by atoms with Crippen molar-refractivity contribution < 1.29 is 4.79 Å². The maximum atomic E-state index is 13.3. The number of carbonyl (C=O) groups is 1. The molecule has 5 heterocycles. The summed E-state index contributed by atoms with van der Waals surface area (Å²) in [5.41, 5.74) is 1.41. The molecule has 1 aliphatic rings. The Labute approximate surface area is 222 Å². The highest BCUT2D eigenvalue weighted by Gasteiger charge is 2.22. The lowest BCUT2D eigenvalue weighted by molar-refractivity contribution is -0.117. The van der Waals surface area contributed by atoms with Crippen molar-refractivity contribution in [2.45, 2.75) is 19.4 Å². The molecule has 39 heavy (non-hydrogen) atoms. The first-order valence-corrected chi connectivity index (χ1v) is 12.5. The van der Waals surface area contributed by atoms with E-state index in [-0.39, 0.29) is 29.5 Å². The monoisotopic (exact) mass is 520 g/mol. The van der Waals surface area contributed by atoms with E-state index in [1.54, 1.807) is 52.2 Å². The van der Waals surface area contributed by atoms with Crippen molar-refractivity contribution >= 4 is 34.3 Å². The van der Waals surface area contributed by atoms with Crippen LogP contribution < -0.4 is 21.3 Å². The van der Waals surface area contributed by atoms with E-state index in [2.05, 4.69) is 26.8 Å². The second-order valence-corrected chi connectivity index (χ2v) is 9.00. The zero-order valence-electron chi connectivity index (χ0n) is 20.9. The molecule has 1 aliphatic heterocycles. The van der Waals surface area contributed by atoms with Gasteiger partial charge in [0.2, 0.25) is 11.9 Å². The molecule has 0 atom stereocenters. The molecule has 4 aromatic heterocycles. The fourth-order valence-electron chi connectivity index (χ4n) is 4.66. The lowest BCUT2D eigenvalue weighted by Crippen LogP contribution is -2.23. The van der Waals surface area contributed by atoms with Crippen LogP contribution in [0.4, 0.5) is 17.3 Å². The predicted octanol–water partition coefficient (Wildman–Crippen LogP) is 3.18. The van der Waals surface area contributed by atoms with Gasteiger partial charge in [-0.15, -0.1) is 6.58 Å². The van der Waals surface area contributed by atoms with Gasteiger partial charge in [0.15, 0.2) is 11.5 Å². The highest BCUT2D eigenvalue weighted by atomic mass is 16.2. The Balaban J connectivity index is 1.40. The molecule has 1 N–H and O–H groups in total. The van der Waals surface area contributed by atoms with Crippen LogP contribution in [0.15, 0.2) is 95.3 Å². The standard InChI is InChI=1S/C28H24N8O3/c1-2-15-35-27(39)21-18-29-28(30-19-11-13-20(14-12-19)33-17-6-10-24(33)37)32-26(21)36(35)23-8-5-7-22(31-23)34-16-4-3-9-25(34)38/h2-5,7-9,11-14,16,18H,1,6,10,15,17H2,(H,29,30,32). The zero-order chi connectivity index (χ0) is 26.9. The third-order valence-electron chi connectivity index (χ3n) is 6.49. The van der Waals surface area contributed by atoms with Crippen LogP contribution >= 0.6 is 0 Å². The molecule has 11 nitrogen and oxygen atoms in total. The Bertz CT molecular complexity index is 1830. The minimum absolute atomic E-state index is 0.126. The number of fused-ring (bicyclic) bond motifs is 1. The largest absolute Gasteiger partial charge is 0.324 e. The topological polar surface area (TPSA) is 120 Å². The summed E-state index contributed by atoms with van der Waals surface area (Å²) < 4.78 is 4.50. The number of hydrogen-bond donors (Lipinski definition) is 1. The van der Waals surface area contributed by atoms with E-state index in [1.165, 1.54) is 21.5 Å². The number of benzene rings is 1. The van der Waals surface area contributed by atoms with Gasteiger partial charge >= 0.3 is 0 Å². The van der Waals surface area contributed by atoms with Crippen LogP contribution in [0.25, 0.3) is 22.7 Å². The van der Waals surface area contributed by atoms with Crippen molar-refractivity contribution in [3.63, 3.8) is 0 Å². The fourth-order valence-corrected chi connectivity index (χ4v) is 4.66. The first-order chi connectivity index (χ1) is 19.0. The summed E-state index contributed by atoms with van der Waals surface area (Å²) >= 11 is 0. The van der Waals surface area contributed by atoms with E-state index in [1.807, 2.05) is 24.3 Å². The van der Waals surface area contributed by atoms with E-state index < -0.39 is 0 Å². The van der Waals surface area contributed by atoms with Gasteiger partial charge in [-0.3, -0.25) is 19.0 Å². The molecule has 0 bridgehead atoms. The van der Waals surface area contributed by atoms with Crippen molar-refractivity contribution in [3.05, 3.63) is 106 Å². The lowest BCUT2D eigenvalue weighted by Gasteiger charge is -2.16. The van der Waals surface area contributed by atoms with Gasteiger partial charge in [0.25, 0.3) is 11.1 Å². The molecule has 6 rings (SSSR count). The average molecular weight is 521 g/mol. The van der Waals surface area contributed by atoms with Crippen molar-refractivity contribution in [1.82, 2.24) is 28.9 Å². The molecule has 1 fully saturated rings. The van der Waals surface area contributed by atoms with Gasteiger partial charge in [-0.1, -0.05) is 18.2 Å². The molecule has 0 aliphatic carbocycles. The minimum atomic E-state index is -0.292. The van der Waals surface area contributed by atoms with Crippen molar-refractivity contribution in [3.8, 4) is 11.6 Å². The SMILES string of the molecule is C=CCn1c(=O)c2cnc(Nc3ccc(N4CCCC4=O)cc3)nc2n1-c1cccc(-n2ccccc2=O)n1. The number of aromatic nitrogens is 6. The number of rotatable bonds is 7. The van der Waals surface area contributed by atoms with Gasteiger partial charge in [0.05, 0.1) is 6.54 Å². The Kier molecular flexibility index (Phi) is 6.08. The maximum Gasteiger partial charge on any atom is 0.278 e. The summed E-state index contributed by atoms with van der Waals surface area (Å²) in [7, 11) is 0. The Morgan fingerprint density at radius 1 is 0.949 bits per heavy atom. The smallest absolute Gasteiger partial charge is 0.278 e. The Hall–Kier alpha value is -5.32. The molecular weight excluding hydrogens is 496 g/mol. The van der Waals surface area contributed by atoms with Gasteiger partial charge in [-0.25, -0.2) is 19.3 Å². The van der Waals surface area contributed by atoms with Crippen molar-refractivity contribution in [2.75, 3.05) is 16.8 Å². The van der Waals surface area contributed by atoms with Gasteiger partial charge in [0, 0.05) is 42.8 Å². The van der Waals surface area contributed by atoms with Gasteiger partial charge < -0.3 is 10.2 Å². The molecule has 11 heteroatoms. The number of nitrogens with one attached hydrogen (secondary N) is 1. The Morgan fingerprint density at radius 2 is 1.77 bits per heavy atom. The first kappa shape index (κ1) is 24.0. The minimum Gasteiger partial charge on any atom is -0.324 e. The number of nitrogens with zero attached hydrogens (tertiary/aromatic N) is 7. The summed E-state index contributed by atoms with van der Waals surface area (Å²) in [6.45, 7) is 4.72. The van der Waals surface area contributed by atoms with Crippen LogP contribution in [0.2, 0.25) is 0 Å². The first-order valence-electron chi connectivity index (χ1n) is 12.5. The molecule has 0 saturated carbocycles. The maximum absolute atomic E-state index is 13.3. The van der Waals surface area contributed by atoms with E-state index in [0.29, 0.717) is 29.1 Å². The van der Waals surface area contributed by atoms with E-state index in [4.69, 9.17) is 0 Å². The quantitative estimate of drug-likeness (QED) is 0.327. The zero-order valence-corrected chi connectivity index (χ0v) is 20.9. The number of anilines is 3. The molecular formula is C28H24N8O3. The lowest BCUT2D eigenvalue weighted by atomic mass is 10.2. The van der Waals surface area contributed by atoms with Crippen LogP contribution in [-0.2, 0) is 11.3 Å². The molecule has 0 radical (unpaired) electrons.